The summed E-state index contributed by atoms with van der Waals surface area (Å²) >= 11 is 0. The molecule has 0 saturated carbocycles. The van der Waals surface area contributed by atoms with Crippen molar-refractivity contribution in [3.63, 3.8) is 0 Å². The van der Waals surface area contributed by atoms with Crippen molar-refractivity contribution in [1.29, 1.82) is 0 Å². The van der Waals surface area contributed by atoms with E-state index in [0.29, 0.717) is 6.04 Å². The normalized spacial score (nSPS) is 12.6. The van der Waals surface area contributed by atoms with Crippen molar-refractivity contribution in [1.82, 2.24) is 9.88 Å². The number of rotatable bonds is 6. The van der Waals surface area contributed by atoms with Crippen molar-refractivity contribution in [2.24, 2.45) is 7.05 Å². The average molecular weight is 292 g/mol. The molecule has 0 bridgehead atoms. The van der Waals surface area contributed by atoms with Gasteiger partial charge in [0, 0.05) is 25.0 Å². The van der Waals surface area contributed by atoms with Crippen LogP contribution >= 0.6 is 0 Å². The number of hydrogen-bond acceptors (Lipinski definition) is 1. The summed E-state index contributed by atoms with van der Waals surface area (Å²) in [5.74, 6) is 0. The predicted molar refractivity (Wildman–Crippen MR) is 94.1 cm³/mol. The van der Waals surface area contributed by atoms with Gasteiger partial charge in [0.15, 0.2) is 0 Å². The van der Waals surface area contributed by atoms with Crippen molar-refractivity contribution < 1.29 is 0 Å². The molecule has 0 aliphatic heterocycles. The van der Waals surface area contributed by atoms with Gasteiger partial charge >= 0.3 is 0 Å². The molecule has 0 fully saturated rings. The molecule has 1 N–H and O–H groups in total. The fraction of sp³-hybridized carbons (Fsp3) is 0.300. The van der Waals surface area contributed by atoms with Gasteiger partial charge in [-0.25, -0.2) is 0 Å². The quantitative estimate of drug-likeness (QED) is 0.664. The van der Waals surface area contributed by atoms with Crippen LogP contribution in [0.4, 0.5) is 0 Å². The lowest BCUT2D eigenvalue weighted by Gasteiger charge is -2.16. The minimum Gasteiger partial charge on any atom is -0.354 e. The molecule has 0 aliphatic carbocycles. The molecule has 1 aromatic heterocycles. The van der Waals surface area contributed by atoms with Crippen LogP contribution in [0.2, 0.25) is 0 Å². The van der Waals surface area contributed by atoms with Crippen molar-refractivity contribution in [2.45, 2.75) is 25.8 Å². The maximum atomic E-state index is 3.66. The second-order valence-electron chi connectivity index (χ2n) is 5.96. The largest absolute Gasteiger partial charge is 0.354 e. The van der Waals surface area contributed by atoms with Crippen molar-refractivity contribution >= 4 is 10.8 Å². The zero-order chi connectivity index (χ0) is 15.4. The Morgan fingerprint density at radius 1 is 1.00 bits per heavy atom. The Balaban J connectivity index is 1.59. The lowest BCUT2D eigenvalue weighted by molar-refractivity contribution is 0.556. The van der Waals surface area contributed by atoms with Crippen LogP contribution in [0.15, 0.2) is 60.8 Å². The van der Waals surface area contributed by atoms with Gasteiger partial charge in [-0.05, 0) is 54.8 Å². The topological polar surface area (TPSA) is 17.0 Å². The molecule has 0 saturated heterocycles. The molecular formula is C20H24N2. The van der Waals surface area contributed by atoms with E-state index in [2.05, 4.69) is 84.6 Å². The number of hydrogen-bond donors (Lipinski definition) is 1. The SMILES string of the molecule is CC(NCCCc1cccn1C)c1cccc2ccccc12. The molecule has 3 rings (SSSR count). The minimum atomic E-state index is 0.375. The first-order valence-electron chi connectivity index (χ1n) is 8.07. The second kappa shape index (κ2) is 6.80. The number of nitrogens with zero attached hydrogens (tertiary/aromatic N) is 1. The van der Waals surface area contributed by atoms with E-state index in [1.165, 1.54) is 22.0 Å². The molecule has 2 nitrogen and oxygen atoms in total. The third kappa shape index (κ3) is 3.23. The van der Waals surface area contributed by atoms with E-state index in [4.69, 9.17) is 0 Å². The minimum absolute atomic E-state index is 0.375. The third-order valence-corrected chi connectivity index (χ3v) is 4.40. The summed E-state index contributed by atoms with van der Waals surface area (Å²) in [5.41, 5.74) is 2.79. The van der Waals surface area contributed by atoms with Gasteiger partial charge < -0.3 is 9.88 Å². The van der Waals surface area contributed by atoms with Gasteiger partial charge in [-0.1, -0.05) is 42.5 Å². The molecule has 3 aromatic rings. The molecule has 1 atom stereocenters. The Labute approximate surface area is 132 Å². The van der Waals surface area contributed by atoms with Crippen LogP contribution in [0, 0.1) is 0 Å². The van der Waals surface area contributed by atoms with E-state index in [1.807, 2.05) is 0 Å². The lowest BCUT2D eigenvalue weighted by atomic mass is 9.99. The van der Waals surface area contributed by atoms with Crippen LogP contribution in [-0.2, 0) is 13.5 Å². The Kier molecular flexibility index (Phi) is 4.59. The molecule has 2 aromatic carbocycles. The molecule has 0 aliphatic rings. The summed E-state index contributed by atoms with van der Waals surface area (Å²) < 4.78 is 2.20. The number of nitrogens with one attached hydrogen (secondary N) is 1. The average Bonchev–Trinajstić information content (AvgIpc) is 2.96. The number of aromatic nitrogens is 1. The van der Waals surface area contributed by atoms with Gasteiger partial charge in [0.1, 0.15) is 0 Å². The Morgan fingerprint density at radius 2 is 1.82 bits per heavy atom. The third-order valence-electron chi connectivity index (χ3n) is 4.40. The highest BCUT2D eigenvalue weighted by Gasteiger charge is 2.08. The molecule has 22 heavy (non-hydrogen) atoms. The highest BCUT2D eigenvalue weighted by atomic mass is 14.9. The van der Waals surface area contributed by atoms with E-state index in [9.17, 15) is 0 Å². The summed E-state index contributed by atoms with van der Waals surface area (Å²) in [7, 11) is 2.11. The van der Waals surface area contributed by atoms with E-state index >= 15 is 0 Å². The molecule has 1 heterocycles. The van der Waals surface area contributed by atoms with Gasteiger partial charge in [-0.15, -0.1) is 0 Å². The molecule has 0 spiro atoms. The highest BCUT2D eigenvalue weighted by molar-refractivity contribution is 5.86. The van der Waals surface area contributed by atoms with Gasteiger partial charge in [0.05, 0.1) is 0 Å². The van der Waals surface area contributed by atoms with E-state index in [0.717, 1.165) is 19.4 Å². The summed E-state index contributed by atoms with van der Waals surface area (Å²) in [5, 5.41) is 6.33. The Morgan fingerprint density at radius 3 is 2.64 bits per heavy atom. The first-order valence-corrected chi connectivity index (χ1v) is 8.07. The second-order valence-corrected chi connectivity index (χ2v) is 5.96. The van der Waals surface area contributed by atoms with Gasteiger partial charge in [-0.3, -0.25) is 0 Å². The summed E-state index contributed by atoms with van der Waals surface area (Å²) in [6, 6.07) is 19.9. The van der Waals surface area contributed by atoms with Crippen LogP contribution in [0.1, 0.15) is 30.6 Å². The van der Waals surface area contributed by atoms with Gasteiger partial charge in [0.25, 0.3) is 0 Å². The predicted octanol–water partition coefficient (Wildman–Crippen LogP) is 4.46. The first kappa shape index (κ1) is 14.9. The molecular weight excluding hydrogens is 268 g/mol. The molecule has 2 heteroatoms. The number of fused-ring (bicyclic) bond motifs is 1. The van der Waals surface area contributed by atoms with E-state index in [1.54, 1.807) is 0 Å². The zero-order valence-electron chi connectivity index (χ0n) is 13.4. The van der Waals surface area contributed by atoms with Crippen LogP contribution in [0.25, 0.3) is 10.8 Å². The fourth-order valence-electron chi connectivity index (χ4n) is 3.08. The van der Waals surface area contributed by atoms with Crippen LogP contribution < -0.4 is 5.32 Å². The standard InChI is InChI=1S/C20H24N2/c1-16(21-14-6-10-18-11-7-15-22(18)2)19-13-5-9-17-8-3-4-12-20(17)19/h3-5,7-9,11-13,15-16,21H,6,10,14H2,1-2H3. The Hall–Kier alpha value is -2.06. The highest BCUT2D eigenvalue weighted by Crippen LogP contribution is 2.23. The van der Waals surface area contributed by atoms with E-state index < -0.39 is 0 Å². The maximum Gasteiger partial charge on any atom is 0.0297 e. The van der Waals surface area contributed by atoms with Crippen molar-refractivity contribution in [2.75, 3.05) is 6.54 Å². The van der Waals surface area contributed by atoms with Gasteiger partial charge in [0.2, 0.25) is 0 Å². The summed E-state index contributed by atoms with van der Waals surface area (Å²) in [6.45, 7) is 3.29. The number of benzene rings is 2. The van der Waals surface area contributed by atoms with E-state index in [-0.39, 0.29) is 0 Å². The van der Waals surface area contributed by atoms with Crippen LogP contribution in [0.5, 0.6) is 0 Å². The molecule has 114 valence electrons. The zero-order valence-corrected chi connectivity index (χ0v) is 13.4. The summed E-state index contributed by atoms with van der Waals surface area (Å²) in [4.78, 5) is 0. The van der Waals surface area contributed by atoms with Crippen molar-refractivity contribution in [3.05, 3.63) is 72.1 Å². The molecule has 0 amide bonds. The first-order chi connectivity index (χ1) is 10.8. The lowest BCUT2D eigenvalue weighted by Crippen LogP contribution is -2.20. The van der Waals surface area contributed by atoms with Crippen LogP contribution in [-0.4, -0.2) is 11.1 Å². The summed E-state index contributed by atoms with van der Waals surface area (Å²) in [6.07, 6.45) is 4.40. The maximum absolute atomic E-state index is 3.66. The number of aryl methyl sites for hydroxylation is 2. The molecule has 1 unspecified atom stereocenters. The van der Waals surface area contributed by atoms with Crippen molar-refractivity contribution in [3.8, 4) is 0 Å². The Bertz CT molecular complexity index is 737. The van der Waals surface area contributed by atoms with Crippen LogP contribution in [0.3, 0.4) is 0 Å². The van der Waals surface area contributed by atoms with Gasteiger partial charge in [-0.2, -0.15) is 0 Å². The smallest absolute Gasteiger partial charge is 0.0297 e. The monoisotopic (exact) mass is 292 g/mol. The molecule has 0 radical (unpaired) electrons. The fourth-order valence-corrected chi connectivity index (χ4v) is 3.08.